The molecule has 1 amide bonds. The molecular weight excluding hydrogens is 258 g/mol. The molecule has 0 heterocycles. The van der Waals surface area contributed by atoms with Crippen LogP contribution >= 0.6 is 0 Å². The first-order chi connectivity index (χ1) is 9.47. The zero-order valence-electron chi connectivity index (χ0n) is 10.8. The standard InChI is InChI=1S/C14H13N3O3/c1-9-2-4-10(5-3-9)14(18)16-13-7-6-11(17(19)20)8-12(13)15/h2-8H,15H2,1H3,(H,16,18). The van der Waals surface area contributed by atoms with E-state index in [1.54, 1.807) is 12.1 Å². The summed E-state index contributed by atoms with van der Waals surface area (Å²) in [6.45, 7) is 1.93. The Morgan fingerprint density at radius 1 is 1.20 bits per heavy atom. The third-order valence-electron chi connectivity index (χ3n) is 2.81. The Balaban J connectivity index is 2.19. The van der Waals surface area contributed by atoms with Gasteiger partial charge in [-0.15, -0.1) is 0 Å². The Hall–Kier alpha value is -2.89. The lowest BCUT2D eigenvalue weighted by Crippen LogP contribution is -2.13. The molecule has 2 rings (SSSR count). The van der Waals surface area contributed by atoms with E-state index in [2.05, 4.69) is 5.32 Å². The number of aryl methyl sites for hydroxylation is 1. The number of nitrogens with two attached hydrogens (primary N) is 1. The molecule has 102 valence electrons. The predicted octanol–water partition coefficient (Wildman–Crippen LogP) is 2.74. The van der Waals surface area contributed by atoms with E-state index >= 15 is 0 Å². The van der Waals surface area contributed by atoms with Crippen LogP contribution in [-0.2, 0) is 0 Å². The highest BCUT2D eigenvalue weighted by molar-refractivity contribution is 6.05. The molecule has 0 unspecified atom stereocenters. The van der Waals surface area contributed by atoms with Crippen molar-refractivity contribution in [1.82, 2.24) is 0 Å². The van der Waals surface area contributed by atoms with Crippen LogP contribution in [0.15, 0.2) is 42.5 Å². The number of amides is 1. The molecule has 0 aliphatic heterocycles. The number of nitrogens with one attached hydrogen (secondary N) is 1. The van der Waals surface area contributed by atoms with E-state index in [0.717, 1.165) is 5.56 Å². The molecule has 0 bridgehead atoms. The third kappa shape index (κ3) is 2.92. The molecule has 0 spiro atoms. The zero-order chi connectivity index (χ0) is 14.7. The summed E-state index contributed by atoms with van der Waals surface area (Å²) in [5.41, 5.74) is 7.62. The number of anilines is 2. The number of hydrogen-bond donors (Lipinski definition) is 2. The van der Waals surface area contributed by atoms with Gasteiger partial charge in [0.1, 0.15) is 0 Å². The molecule has 0 fully saturated rings. The molecule has 6 heteroatoms. The van der Waals surface area contributed by atoms with E-state index in [9.17, 15) is 14.9 Å². The Kier molecular flexibility index (Phi) is 3.65. The summed E-state index contributed by atoms with van der Waals surface area (Å²) in [7, 11) is 0. The summed E-state index contributed by atoms with van der Waals surface area (Å²) in [5, 5.41) is 13.2. The van der Waals surface area contributed by atoms with Crippen LogP contribution in [0.3, 0.4) is 0 Å². The van der Waals surface area contributed by atoms with Crippen molar-refractivity contribution in [1.29, 1.82) is 0 Å². The minimum absolute atomic E-state index is 0.115. The Bertz CT molecular complexity index is 666. The van der Waals surface area contributed by atoms with Gasteiger partial charge >= 0.3 is 0 Å². The SMILES string of the molecule is Cc1ccc(C(=O)Nc2ccc([N+](=O)[O-])cc2N)cc1. The van der Waals surface area contributed by atoms with Crippen LogP contribution in [-0.4, -0.2) is 10.8 Å². The molecule has 0 aliphatic rings. The van der Waals surface area contributed by atoms with Crippen molar-refractivity contribution in [3.05, 3.63) is 63.7 Å². The van der Waals surface area contributed by atoms with E-state index in [4.69, 9.17) is 5.73 Å². The first-order valence-electron chi connectivity index (χ1n) is 5.89. The van der Waals surface area contributed by atoms with Gasteiger partial charge in [0.25, 0.3) is 11.6 Å². The Morgan fingerprint density at radius 2 is 1.85 bits per heavy atom. The van der Waals surface area contributed by atoms with E-state index in [-0.39, 0.29) is 17.3 Å². The van der Waals surface area contributed by atoms with Crippen molar-refractivity contribution in [3.8, 4) is 0 Å². The van der Waals surface area contributed by atoms with Gasteiger partial charge in [0.2, 0.25) is 0 Å². The number of carbonyl (C=O) groups excluding carboxylic acids is 1. The maximum absolute atomic E-state index is 12.0. The number of carbonyl (C=O) groups is 1. The van der Waals surface area contributed by atoms with Crippen molar-refractivity contribution in [3.63, 3.8) is 0 Å². The van der Waals surface area contributed by atoms with Gasteiger partial charge in [0.15, 0.2) is 0 Å². The molecular formula is C14H13N3O3. The number of benzene rings is 2. The maximum Gasteiger partial charge on any atom is 0.271 e. The normalized spacial score (nSPS) is 10.1. The number of nitrogen functional groups attached to an aromatic ring is 1. The fourth-order valence-corrected chi connectivity index (χ4v) is 1.68. The van der Waals surface area contributed by atoms with Crippen LogP contribution in [0.1, 0.15) is 15.9 Å². The molecule has 3 N–H and O–H groups in total. The molecule has 20 heavy (non-hydrogen) atoms. The van der Waals surface area contributed by atoms with E-state index in [0.29, 0.717) is 11.3 Å². The van der Waals surface area contributed by atoms with Crippen LogP contribution < -0.4 is 11.1 Å². The smallest absolute Gasteiger partial charge is 0.271 e. The number of nitrogens with zero attached hydrogens (tertiary/aromatic N) is 1. The van der Waals surface area contributed by atoms with Crippen molar-refractivity contribution >= 4 is 23.0 Å². The monoisotopic (exact) mass is 271 g/mol. The van der Waals surface area contributed by atoms with E-state index in [1.165, 1.54) is 18.2 Å². The second-order valence-corrected chi connectivity index (χ2v) is 4.35. The molecule has 0 radical (unpaired) electrons. The molecule has 0 saturated heterocycles. The van der Waals surface area contributed by atoms with E-state index < -0.39 is 4.92 Å². The second-order valence-electron chi connectivity index (χ2n) is 4.35. The quantitative estimate of drug-likeness (QED) is 0.509. The molecule has 2 aromatic rings. The lowest BCUT2D eigenvalue weighted by Gasteiger charge is -2.08. The van der Waals surface area contributed by atoms with Gasteiger partial charge in [-0.25, -0.2) is 0 Å². The van der Waals surface area contributed by atoms with Crippen molar-refractivity contribution in [2.45, 2.75) is 6.92 Å². The lowest BCUT2D eigenvalue weighted by molar-refractivity contribution is -0.384. The minimum atomic E-state index is -0.540. The lowest BCUT2D eigenvalue weighted by atomic mass is 10.1. The number of nitro groups is 1. The van der Waals surface area contributed by atoms with Crippen molar-refractivity contribution < 1.29 is 9.72 Å². The summed E-state index contributed by atoms with van der Waals surface area (Å²) in [6.07, 6.45) is 0. The van der Waals surface area contributed by atoms with Crippen LogP contribution in [0.5, 0.6) is 0 Å². The number of nitro benzene ring substituents is 1. The molecule has 0 atom stereocenters. The summed E-state index contributed by atoms with van der Waals surface area (Å²) < 4.78 is 0. The van der Waals surface area contributed by atoms with Gasteiger partial charge < -0.3 is 11.1 Å². The van der Waals surface area contributed by atoms with Gasteiger partial charge in [-0.2, -0.15) is 0 Å². The molecule has 0 aromatic heterocycles. The number of non-ortho nitro benzene ring substituents is 1. The highest BCUT2D eigenvalue weighted by Gasteiger charge is 2.11. The van der Waals surface area contributed by atoms with Gasteiger partial charge in [-0.1, -0.05) is 17.7 Å². The fraction of sp³-hybridized carbons (Fsp3) is 0.0714. The fourth-order valence-electron chi connectivity index (χ4n) is 1.68. The van der Waals surface area contributed by atoms with Gasteiger partial charge in [-0.05, 0) is 25.1 Å². The summed E-state index contributed by atoms with van der Waals surface area (Å²) in [6, 6.07) is 11.0. The van der Waals surface area contributed by atoms with Crippen LogP contribution in [0.2, 0.25) is 0 Å². The largest absolute Gasteiger partial charge is 0.397 e. The second kappa shape index (κ2) is 5.40. The van der Waals surface area contributed by atoms with E-state index in [1.807, 2.05) is 19.1 Å². The highest BCUT2D eigenvalue weighted by atomic mass is 16.6. The van der Waals surface area contributed by atoms with Crippen LogP contribution in [0.4, 0.5) is 17.1 Å². The first-order valence-corrected chi connectivity index (χ1v) is 5.89. The minimum Gasteiger partial charge on any atom is -0.397 e. The van der Waals surface area contributed by atoms with Crippen molar-refractivity contribution in [2.24, 2.45) is 0 Å². The summed E-state index contributed by atoms with van der Waals surface area (Å²) in [5.74, 6) is -0.314. The van der Waals surface area contributed by atoms with Gasteiger partial charge in [0.05, 0.1) is 16.3 Å². The summed E-state index contributed by atoms with van der Waals surface area (Å²) in [4.78, 5) is 22.1. The van der Waals surface area contributed by atoms with Crippen molar-refractivity contribution in [2.75, 3.05) is 11.1 Å². The van der Waals surface area contributed by atoms with Crippen LogP contribution in [0, 0.1) is 17.0 Å². The zero-order valence-corrected chi connectivity index (χ0v) is 10.8. The predicted molar refractivity (Wildman–Crippen MR) is 76.6 cm³/mol. The molecule has 0 aliphatic carbocycles. The number of rotatable bonds is 3. The van der Waals surface area contributed by atoms with Gasteiger partial charge in [-0.3, -0.25) is 14.9 Å². The van der Waals surface area contributed by atoms with Crippen LogP contribution in [0.25, 0.3) is 0 Å². The van der Waals surface area contributed by atoms with Gasteiger partial charge in [0, 0.05) is 17.7 Å². The topological polar surface area (TPSA) is 98.3 Å². The molecule has 0 saturated carbocycles. The third-order valence-corrected chi connectivity index (χ3v) is 2.81. The summed E-state index contributed by atoms with van der Waals surface area (Å²) >= 11 is 0. The molecule has 2 aromatic carbocycles. The highest BCUT2D eigenvalue weighted by Crippen LogP contribution is 2.24. The average molecular weight is 271 g/mol. The Labute approximate surface area is 115 Å². The number of hydrogen-bond acceptors (Lipinski definition) is 4. The Morgan fingerprint density at radius 3 is 2.40 bits per heavy atom. The molecule has 6 nitrogen and oxygen atoms in total. The maximum atomic E-state index is 12.0. The average Bonchev–Trinajstić information content (AvgIpc) is 2.41. The first kappa shape index (κ1) is 13.5.